The summed E-state index contributed by atoms with van der Waals surface area (Å²) in [6.07, 6.45) is 1.42. The van der Waals surface area contributed by atoms with Gasteiger partial charge in [-0.15, -0.1) is 0 Å². The number of nitrogens with one attached hydrogen (secondary N) is 1. The number of ether oxygens (including phenoxy) is 1. The number of amides is 1. The van der Waals surface area contributed by atoms with Crippen molar-refractivity contribution < 1.29 is 14.3 Å². The van der Waals surface area contributed by atoms with Crippen LogP contribution in [0.15, 0.2) is 71.8 Å². The van der Waals surface area contributed by atoms with Gasteiger partial charge in [-0.3, -0.25) is 4.79 Å². The first-order valence-corrected chi connectivity index (χ1v) is 9.42. The molecule has 0 atom stereocenters. The van der Waals surface area contributed by atoms with E-state index < -0.39 is 11.9 Å². The zero-order valence-electron chi connectivity index (χ0n) is 14.7. The highest BCUT2D eigenvalue weighted by Crippen LogP contribution is 2.21. The SMILES string of the molecule is O=C(Oc1cccc(/C=N\NC(=O)c2ccc(Cl)cc2Cl)c1)c1ccc(Cl)cc1. The molecule has 146 valence electrons. The molecule has 3 rings (SSSR count). The predicted octanol–water partition coefficient (Wildman–Crippen LogP) is 5.63. The number of halogens is 3. The second-order valence-corrected chi connectivity index (χ2v) is 7.07. The average molecular weight is 448 g/mol. The molecular formula is C21H13Cl3N2O3. The van der Waals surface area contributed by atoms with Gasteiger partial charge in [0.25, 0.3) is 5.91 Å². The minimum Gasteiger partial charge on any atom is -0.423 e. The molecule has 0 heterocycles. The summed E-state index contributed by atoms with van der Waals surface area (Å²) in [5.41, 5.74) is 3.63. The number of carbonyl (C=O) groups excluding carboxylic acids is 2. The fraction of sp³-hybridized carbons (Fsp3) is 0. The molecule has 0 saturated heterocycles. The van der Waals surface area contributed by atoms with Crippen LogP contribution in [0.3, 0.4) is 0 Å². The Balaban J connectivity index is 1.64. The molecule has 5 nitrogen and oxygen atoms in total. The van der Waals surface area contributed by atoms with Gasteiger partial charge in [-0.25, -0.2) is 10.2 Å². The van der Waals surface area contributed by atoms with Gasteiger partial charge in [0.2, 0.25) is 0 Å². The molecule has 8 heteroatoms. The molecule has 0 fully saturated rings. The van der Waals surface area contributed by atoms with Crippen LogP contribution in [0.5, 0.6) is 5.75 Å². The fourth-order valence-corrected chi connectivity index (χ4v) is 2.93. The molecule has 0 saturated carbocycles. The molecule has 3 aromatic rings. The van der Waals surface area contributed by atoms with Crippen molar-refractivity contribution in [2.75, 3.05) is 0 Å². The summed E-state index contributed by atoms with van der Waals surface area (Å²) in [5.74, 6) is -0.657. The van der Waals surface area contributed by atoms with E-state index in [0.717, 1.165) is 0 Å². The summed E-state index contributed by atoms with van der Waals surface area (Å²) >= 11 is 17.6. The van der Waals surface area contributed by atoms with Gasteiger partial charge in [0.05, 0.1) is 22.4 Å². The van der Waals surface area contributed by atoms with E-state index in [-0.39, 0.29) is 10.6 Å². The molecule has 0 bridgehead atoms. The summed E-state index contributed by atoms with van der Waals surface area (Å²) in [6.45, 7) is 0. The maximum Gasteiger partial charge on any atom is 0.343 e. The van der Waals surface area contributed by atoms with E-state index in [0.29, 0.717) is 26.9 Å². The van der Waals surface area contributed by atoms with Gasteiger partial charge in [-0.05, 0) is 60.2 Å². The molecule has 29 heavy (non-hydrogen) atoms. The standard InChI is InChI=1S/C21H13Cl3N2O3/c22-15-6-4-14(5-7-15)21(28)29-17-3-1-2-13(10-17)12-25-26-20(27)18-9-8-16(23)11-19(18)24/h1-12H,(H,26,27)/b25-12-. The summed E-state index contributed by atoms with van der Waals surface area (Å²) in [7, 11) is 0. The average Bonchev–Trinajstić information content (AvgIpc) is 2.68. The highest BCUT2D eigenvalue weighted by Gasteiger charge is 2.10. The largest absolute Gasteiger partial charge is 0.423 e. The van der Waals surface area contributed by atoms with Crippen LogP contribution in [0.4, 0.5) is 0 Å². The van der Waals surface area contributed by atoms with E-state index in [1.54, 1.807) is 54.6 Å². The normalized spacial score (nSPS) is 10.7. The first kappa shape index (κ1) is 20.9. The molecule has 0 spiro atoms. The Morgan fingerprint density at radius 1 is 0.897 bits per heavy atom. The highest BCUT2D eigenvalue weighted by molar-refractivity contribution is 6.36. The van der Waals surface area contributed by atoms with Crippen LogP contribution in [0.2, 0.25) is 15.1 Å². The molecule has 0 aromatic heterocycles. The third kappa shape index (κ3) is 5.81. The third-order valence-corrected chi connectivity index (χ3v) is 4.50. The van der Waals surface area contributed by atoms with Crippen molar-refractivity contribution in [3.63, 3.8) is 0 Å². The third-order valence-electron chi connectivity index (χ3n) is 3.70. The van der Waals surface area contributed by atoms with Gasteiger partial charge in [0, 0.05) is 10.0 Å². The summed E-state index contributed by atoms with van der Waals surface area (Å²) in [5, 5.41) is 5.08. The topological polar surface area (TPSA) is 67.8 Å². The Morgan fingerprint density at radius 2 is 1.62 bits per heavy atom. The predicted molar refractivity (Wildman–Crippen MR) is 114 cm³/mol. The molecule has 0 aliphatic carbocycles. The molecule has 0 radical (unpaired) electrons. The van der Waals surface area contributed by atoms with Gasteiger partial charge in [-0.1, -0.05) is 46.9 Å². The maximum absolute atomic E-state index is 12.2. The quantitative estimate of drug-likeness (QED) is 0.238. The first-order chi connectivity index (χ1) is 13.9. The number of carbonyl (C=O) groups is 2. The van der Waals surface area contributed by atoms with Gasteiger partial charge in [-0.2, -0.15) is 5.10 Å². The summed E-state index contributed by atoms with van der Waals surface area (Å²) in [6, 6.07) is 17.6. The van der Waals surface area contributed by atoms with E-state index >= 15 is 0 Å². The molecule has 0 unspecified atom stereocenters. The molecular weight excluding hydrogens is 435 g/mol. The zero-order valence-corrected chi connectivity index (χ0v) is 17.0. The van der Waals surface area contributed by atoms with Crippen LogP contribution >= 0.6 is 34.8 Å². The number of hydrogen-bond donors (Lipinski definition) is 1. The van der Waals surface area contributed by atoms with E-state index in [9.17, 15) is 9.59 Å². The van der Waals surface area contributed by atoms with Crippen molar-refractivity contribution in [3.05, 3.63) is 98.5 Å². The number of nitrogens with zero attached hydrogens (tertiary/aromatic N) is 1. The van der Waals surface area contributed by atoms with E-state index in [4.69, 9.17) is 39.5 Å². The van der Waals surface area contributed by atoms with Gasteiger partial charge < -0.3 is 4.74 Å². The summed E-state index contributed by atoms with van der Waals surface area (Å²) < 4.78 is 5.34. The Kier molecular flexibility index (Phi) is 6.88. The monoisotopic (exact) mass is 446 g/mol. The van der Waals surface area contributed by atoms with Crippen molar-refractivity contribution in [2.24, 2.45) is 5.10 Å². The van der Waals surface area contributed by atoms with Crippen molar-refractivity contribution in [1.29, 1.82) is 0 Å². The van der Waals surface area contributed by atoms with Crippen LogP contribution in [0.25, 0.3) is 0 Å². The number of esters is 1. The molecule has 3 aromatic carbocycles. The lowest BCUT2D eigenvalue weighted by Crippen LogP contribution is -2.18. The van der Waals surface area contributed by atoms with Crippen LogP contribution < -0.4 is 10.2 Å². The number of benzene rings is 3. The minimum atomic E-state index is -0.513. The Labute approximate surface area is 181 Å². The van der Waals surface area contributed by atoms with Crippen molar-refractivity contribution in [2.45, 2.75) is 0 Å². The van der Waals surface area contributed by atoms with Gasteiger partial charge in [0.1, 0.15) is 5.75 Å². The number of hydrogen-bond acceptors (Lipinski definition) is 4. The van der Waals surface area contributed by atoms with Gasteiger partial charge in [0.15, 0.2) is 0 Å². The van der Waals surface area contributed by atoms with E-state index in [1.807, 2.05) is 0 Å². The van der Waals surface area contributed by atoms with Crippen LogP contribution in [-0.4, -0.2) is 18.1 Å². The van der Waals surface area contributed by atoms with Crippen molar-refractivity contribution in [1.82, 2.24) is 5.43 Å². The van der Waals surface area contributed by atoms with Crippen LogP contribution in [-0.2, 0) is 0 Å². The number of rotatable bonds is 5. The number of hydrazone groups is 1. The lowest BCUT2D eigenvalue weighted by atomic mass is 10.2. The zero-order chi connectivity index (χ0) is 20.8. The summed E-state index contributed by atoms with van der Waals surface area (Å²) in [4.78, 5) is 24.3. The second-order valence-electron chi connectivity index (χ2n) is 5.79. The lowest BCUT2D eigenvalue weighted by molar-refractivity contribution is 0.0734. The van der Waals surface area contributed by atoms with Crippen molar-refractivity contribution in [3.8, 4) is 5.75 Å². The first-order valence-electron chi connectivity index (χ1n) is 8.28. The maximum atomic E-state index is 12.2. The smallest absolute Gasteiger partial charge is 0.343 e. The van der Waals surface area contributed by atoms with Crippen molar-refractivity contribution >= 4 is 52.9 Å². The van der Waals surface area contributed by atoms with E-state index in [1.165, 1.54) is 18.3 Å². The second kappa shape index (κ2) is 9.56. The molecule has 1 N–H and O–H groups in total. The Hall–Kier alpha value is -2.86. The Bertz CT molecular complexity index is 1080. The van der Waals surface area contributed by atoms with Gasteiger partial charge >= 0.3 is 5.97 Å². The molecule has 1 amide bonds. The fourth-order valence-electron chi connectivity index (χ4n) is 2.31. The molecule has 0 aliphatic rings. The minimum absolute atomic E-state index is 0.223. The van der Waals surface area contributed by atoms with Crippen LogP contribution in [0.1, 0.15) is 26.3 Å². The highest BCUT2D eigenvalue weighted by atomic mass is 35.5. The molecule has 0 aliphatic heterocycles. The Morgan fingerprint density at radius 3 is 2.34 bits per heavy atom. The van der Waals surface area contributed by atoms with E-state index in [2.05, 4.69) is 10.5 Å². The lowest BCUT2D eigenvalue weighted by Gasteiger charge is -2.05. The van der Waals surface area contributed by atoms with Crippen LogP contribution in [0, 0.1) is 0 Å².